The van der Waals surface area contributed by atoms with Gasteiger partial charge in [0.25, 0.3) is 0 Å². The third-order valence-corrected chi connectivity index (χ3v) is 5.34. The van der Waals surface area contributed by atoms with Gasteiger partial charge in [-0.2, -0.15) is 0 Å². The number of hydrogen-bond donors (Lipinski definition) is 1. The van der Waals surface area contributed by atoms with Gasteiger partial charge in [-0.25, -0.2) is 9.59 Å². The van der Waals surface area contributed by atoms with Crippen LogP contribution >= 0.6 is 0 Å². The summed E-state index contributed by atoms with van der Waals surface area (Å²) >= 11 is 0. The molecular formula is C17H28N2O6. The third-order valence-electron chi connectivity index (χ3n) is 5.34. The summed E-state index contributed by atoms with van der Waals surface area (Å²) < 4.78 is 10.6. The number of methoxy groups -OCH3 is 1. The number of carboxylic acid groups (broad SMARTS) is 1. The number of likely N-dealkylation sites (N-methyl/N-ethyl adjacent to an activating group) is 1. The number of ether oxygens (including phenoxy) is 2. The van der Waals surface area contributed by atoms with E-state index in [4.69, 9.17) is 9.47 Å². The number of Topliss-reactive ketones (excluding diaryl/α,β-unsaturated/α-hetero) is 1. The van der Waals surface area contributed by atoms with Gasteiger partial charge in [0.15, 0.2) is 5.78 Å². The van der Waals surface area contributed by atoms with Gasteiger partial charge in [-0.3, -0.25) is 14.6 Å². The molecule has 2 bridgehead atoms. The quantitative estimate of drug-likeness (QED) is 0.722. The number of ketones is 1. The molecule has 1 unspecified atom stereocenters. The van der Waals surface area contributed by atoms with Crippen molar-refractivity contribution in [2.45, 2.75) is 38.3 Å². The Balaban J connectivity index is 2.10. The molecule has 25 heavy (non-hydrogen) atoms. The molecule has 1 amide bonds. The third kappa shape index (κ3) is 3.64. The first kappa shape index (κ1) is 19.7. The fourth-order valence-corrected chi connectivity index (χ4v) is 4.01. The van der Waals surface area contributed by atoms with Crippen LogP contribution in [-0.4, -0.2) is 84.8 Å². The molecule has 0 spiro atoms. The number of carbonyl (C=O) groups is 3. The lowest BCUT2D eigenvalue weighted by atomic mass is 9.74. The Labute approximate surface area is 148 Å². The van der Waals surface area contributed by atoms with Crippen molar-refractivity contribution in [3.63, 3.8) is 0 Å². The molecule has 142 valence electrons. The molecule has 0 aromatic heterocycles. The van der Waals surface area contributed by atoms with E-state index in [0.717, 1.165) is 30.8 Å². The number of rotatable bonds is 7. The number of hydrogen-bond acceptors (Lipinski definition) is 6. The summed E-state index contributed by atoms with van der Waals surface area (Å²) in [4.78, 5) is 39.7. The molecule has 3 aliphatic rings. The van der Waals surface area contributed by atoms with Gasteiger partial charge in [0, 0.05) is 33.2 Å². The van der Waals surface area contributed by atoms with Crippen LogP contribution in [0, 0.1) is 11.8 Å². The maximum Gasteiger partial charge on any atom is 0.410 e. The lowest BCUT2D eigenvalue weighted by Crippen LogP contribution is -2.69. The van der Waals surface area contributed by atoms with Gasteiger partial charge in [0.1, 0.15) is 18.2 Å². The number of carboxylic acids is 1. The molecule has 1 N–H and O–H groups in total. The van der Waals surface area contributed by atoms with Gasteiger partial charge in [0.05, 0.1) is 6.61 Å². The highest BCUT2D eigenvalue weighted by atomic mass is 16.6. The van der Waals surface area contributed by atoms with Crippen molar-refractivity contribution < 1.29 is 29.0 Å². The molecule has 0 aromatic rings. The fourth-order valence-electron chi connectivity index (χ4n) is 4.01. The Hall–Kier alpha value is -1.67. The molecule has 8 nitrogen and oxygen atoms in total. The van der Waals surface area contributed by atoms with E-state index in [-0.39, 0.29) is 30.8 Å². The van der Waals surface area contributed by atoms with Crippen LogP contribution in [0.3, 0.4) is 0 Å². The van der Waals surface area contributed by atoms with E-state index in [1.807, 2.05) is 4.90 Å². The van der Waals surface area contributed by atoms with Gasteiger partial charge < -0.3 is 14.6 Å². The van der Waals surface area contributed by atoms with Crippen LogP contribution in [0.5, 0.6) is 0 Å². The average Bonchev–Trinajstić information content (AvgIpc) is 2.56. The molecule has 3 rings (SSSR count). The Bertz CT molecular complexity index is 529. The zero-order chi connectivity index (χ0) is 18.8. The van der Waals surface area contributed by atoms with Crippen molar-refractivity contribution in [1.82, 2.24) is 9.80 Å². The number of nitrogens with zero attached hydrogens (tertiary/aromatic N) is 2. The maximum absolute atomic E-state index is 12.8. The van der Waals surface area contributed by atoms with E-state index in [1.54, 1.807) is 13.8 Å². The fraction of sp³-hybridized carbons (Fsp3) is 0.824. The first-order chi connectivity index (χ1) is 11.7. The normalized spacial score (nSPS) is 29.6. The molecular weight excluding hydrogens is 328 g/mol. The van der Waals surface area contributed by atoms with Crippen molar-refractivity contribution >= 4 is 17.8 Å². The van der Waals surface area contributed by atoms with Crippen LogP contribution in [0.4, 0.5) is 4.79 Å². The summed E-state index contributed by atoms with van der Waals surface area (Å²) in [7, 11) is 2.92. The van der Waals surface area contributed by atoms with E-state index in [2.05, 4.69) is 0 Å². The molecule has 8 heteroatoms. The standard InChI is InChI=1S/C17H28N2O6/c1-11(2)13(15(21)22)18(3)16(23)25-10-17(9-24-4)14(20)12-5-7-19(17)8-6-12/h11-13H,5-10H2,1-4H3,(H,21,22)/t13-,17?/m0/s1. The summed E-state index contributed by atoms with van der Waals surface area (Å²) in [6, 6.07) is -0.982. The van der Waals surface area contributed by atoms with Gasteiger partial charge in [-0.05, 0) is 18.8 Å². The van der Waals surface area contributed by atoms with Gasteiger partial charge in [-0.15, -0.1) is 0 Å². The summed E-state index contributed by atoms with van der Waals surface area (Å²) in [6.07, 6.45) is 0.908. The van der Waals surface area contributed by atoms with Crippen molar-refractivity contribution in [1.29, 1.82) is 0 Å². The van der Waals surface area contributed by atoms with Gasteiger partial charge in [0.2, 0.25) is 0 Å². The van der Waals surface area contributed by atoms with Crippen LogP contribution in [0.2, 0.25) is 0 Å². The van der Waals surface area contributed by atoms with E-state index in [0.29, 0.717) is 0 Å². The zero-order valence-corrected chi connectivity index (χ0v) is 15.4. The molecule has 2 atom stereocenters. The topological polar surface area (TPSA) is 96.4 Å². The number of piperidine rings is 3. The highest BCUT2D eigenvalue weighted by molar-refractivity contribution is 5.92. The first-order valence-electron chi connectivity index (χ1n) is 8.65. The van der Waals surface area contributed by atoms with Gasteiger partial charge >= 0.3 is 12.1 Å². The van der Waals surface area contributed by atoms with Crippen LogP contribution in [0.15, 0.2) is 0 Å². The van der Waals surface area contributed by atoms with E-state index < -0.39 is 23.6 Å². The molecule has 3 aliphatic heterocycles. The molecule has 0 aromatic carbocycles. The summed E-state index contributed by atoms with van der Waals surface area (Å²) in [5.41, 5.74) is -0.955. The number of fused-ring (bicyclic) bond motifs is 3. The Kier molecular flexibility index (Phi) is 6.05. The van der Waals surface area contributed by atoms with Crippen LogP contribution in [0.1, 0.15) is 26.7 Å². The Morgan fingerprint density at radius 1 is 1.32 bits per heavy atom. The zero-order valence-electron chi connectivity index (χ0n) is 15.4. The SMILES string of the molecule is COCC1(COC(=O)N(C)[C@H](C(=O)O)C(C)C)C(=O)C2CCN1CC2. The summed E-state index contributed by atoms with van der Waals surface area (Å²) in [5.74, 6) is -1.31. The van der Waals surface area contributed by atoms with Crippen LogP contribution in [-0.2, 0) is 19.1 Å². The highest BCUT2D eigenvalue weighted by Crippen LogP contribution is 2.37. The van der Waals surface area contributed by atoms with Crippen molar-refractivity contribution in [3.05, 3.63) is 0 Å². The van der Waals surface area contributed by atoms with Crippen LogP contribution in [0.25, 0.3) is 0 Å². The summed E-state index contributed by atoms with van der Waals surface area (Å²) in [5, 5.41) is 9.31. The predicted octanol–water partition coefficient (Wildman–Crippen LogP) is 0.844. The minimum atomic E-state index is -1.09. The average molecular weight is 356 g/mol. The number of carbonyl (C=O) groups excluding carboxylic acids is 2. The van der Waals surface area contributed by atoms with Crippen LogP contribution < -0.4 is 0 Å². The minimum Gasteiger partial charge on any atom is -0.480 e. The van der Waals surface area contributed by atoms with Crippen molar-refractivity contribution in [3.8, 4) is 0 Å². The summed E-state index contributed by atoms with van der Waals surface area (Å²) in [6.45, 7) is 5.04. The predicted molar refractivity (Wildman–Crippen MR) is 89.3 cm³/mol. The Morgan fingerprint density at radius 2 is 1.92 bits per heavy atom. The highest BCUT2D eigenvalue weighted by Gasteiger charge is 2.54. The first-order valence-corrected chi connectivity index (χ1v) is 8.65. The minimum absolute atomic E-state index is 0.0148. The lowest BCUT2D eigenvalue weighted by molar-refractivity contribution is -0.159. The van der Waals surface area contributed by atoms with E-state index in [9.17, 15) is 19.5 Å². The molecule has 3 fully saturated rings. The molecule has 3 heterocycles. The number of aliphatic carboxylic acids is 1. The van der Waals surface area contributed by atoms with E-state index >= 15 is 0 Å². The largest absolute Gasteiger partial charge is 0.480 e. The monoisotopic (exact) mass is 356 g/mol. The molecule has 3 saturated heterocycles. The van der Waals surface area contributed by atoms with E-state index in [1.165, 1.54) is 14.2 Å². The van der Waals surface area contributed by atoms with Gasteiger partial charge in [-0.1, -0.05) is 13.8 Å². The Morgan fingerprint density at radius 3 is 2.36 bits per heavy atom. The molecule has 0 radical (unpaired) electrons. The van der Waals surface area contributed by atoms with Crippen molar-refractivity contribution in [2.24, 2.45) is 11.8 Å². The van der Waals surface area contributed by atoms with Crippen molar-refractivity contribution in [2.75, 3.05) is 40.5 Å². The molecule has 0 aliphatic carbocycles. The smallest absolute Gasteiger partial charge is 0.410 e. The maximum atomic E-state index is 12.8. The second-order valence-electron chi connectivity index (χ2n) is 7.28. The molecule has 0 saturated carbocycles. The number of amides is 1. The second-order valence-corrected chi connectivity index (χ2v) is 7.28. The second kappa shape index (κ2) is 7.70. The lowest BCUT2D eigenvalue weighted by Gasteiger charge is -2.51.